The lowest BCUT2D eigenvalue weighted by Gasteiger charge is -2.52. The van der Waals surface area contributed by atoms with Gasteiger partial charge in [0.2, 0.25) is 0 Å². The van der Waals surface area contributed by atoms with Crippen LogP contribution in [0.2, 0.25) is 0 Å². The topological polar surface area (TPSA) is 43.4 Å². The van der Waals surface area contributed by atoms with Gasteiger partial charge in [0.15, 0.2) is 0 Å². The summed E-state index contributed by atoms with van der Waals surface area (Å²) < 4.78 is 4.88. The van der Waals surface area contributed by atoms with Crippen LogP contribution in [-0.4, -0.2) is 11.9 Å². The highest BCUT2D eigenvalue weighted by molar-refractivity contribution is 6.14. The molecule has 17 heavy (non-hydrogen) atoms. The monoisotopic (exact) mass is 234 g/mol. The molecule has 0 aromatic carbocycles. The second-order valence-corrected chi connectivity index (χ2v) is 6.30. The number of rotatable bonds is 1. The molecule has 4 rings (SSSR count). The third-order valence-corrected chi connectivity index (χ3v) is 5.30. The van der Waals surface area contributed by atoms with Crippen LogP contribution in [0.3, 0.4) is 0 Å². The van der Waals surface area contributed by atoms with E-state index in [9.17, 15) is 9.59 Å². The van der Waals surface area contributed by atoms with Crippen molar-refractivity contribution in [2.75, 3.05) is 0 Å². The molecule has 1 saturated carbocycles. The molecule has 0 aromatic heterocycles. The molecule has 3 heteroatoms. The van der Waals surface area contributed by atoms with Crippen molar-refractivity contribution in [2.45, 2.75) is 46.5 Å². The molecule has 0 amide bonds. The molecule has 0 N–H and O–H groups in total. The number of fused-ring (bicyclic) bond motifs is 2. The largest absolute Gasteiger partial charge is 0.386 e. The van der Waals surface area contributed by atoms with E-state index in [2.05, 4.69) is 20.8 Å². The molecule has 3 nitrogen and oxygen atoms in total. The highest BCUT2D eigenvalue weighted by Gasteiger charge is 2.60. The number of cyclic esters (lactones) is 2. The second-order valence-electron chi connectivity index (χ2n) is 6.30. The smallest absolute Gasteiger partial charge is 0.343 e. The average molecular weight is 234 g/mol. The van der Waals surface area contributed by atoms with Gasteiger partial charge in [-0.3, -0.25) is 0 Å². The Morgan fingerprint density at radius 3 is 2.06 bits per heavy atom. The van der Waals surface area contributed by atoms with Crippen LogP contribution in [0, 0.1) is 16.7 Å². The van der Waals surface area contributed by atoms with Crippen molar-refractivity contribution < 1.29 is 14.3 Å². The first kappa shape index (κ1) is 11.0. The molecular formula is C14H18O3. The van der Waals surface area contributed by atoms with E-state index < -0.39 is 0 Å². The van der Waals surface area contributed by atoms with Gasteiger partial charge in [-0.15, -0.1) is 0 Å². The quantitative estimate of drug-likeness (QED) is 0.517. The number of carbonyl (C=O) groups is 2. The molecule has 4 aliphatic rings. The van der Waals surface area contributed by atoms with Gasteiger partial charge in [-0.1, -0.05) is 20.8 Å². The van der Waals surface area contributed by atoms with Gasteiger partial charge in [-0.2, -0.15) is 0 Å². The Labute approximate surface area is 101 Å². The number of hydrogen-bond donors (Lipinski definition) is 0. The van der Waals surface area contributed by atoms with Crippen molar-refractivity contribution in [3.8, 4) is 0 Å². The van der Waals surface area contributed by atoms with Gasteiger partial charge in [0.25, 0.3) is 0 Å². The number of esters is 2. The molecule has 1 fully saturated rings. The predicted molar refractivity (Wildman–Crippen MR) is 62.0 cm³/mol. The molecule has 0 aromatic rings. The maximum atomic E-state index is 12.0. The van der Waals surface area contributed by atoms with E-state index in [-0.39, 0.29) is 22.8 Å². The van der Waals surface area contributed by atoms with Crippen LogP contribution < -0.4 is 0 Å². The van der Waals surface area contributed by atoms with Gasteiger partial charge >= 0.3 is 11.9 Å². The van der Waals surface area contributed by atoms with Crippen molar-refractivity contribution in [3.05, 3.63) is 11.1 Å². The van der Waals surface area contributed by atoms with E-state index in [4.69, 9.17) is 4.74 Å². The minimum Gasteiger partial charge on any atom is -0.386 e. The van der Waals surface area contributed by atoms with Crippen LogP contribution in [0.15, 0.2) is 11.1 Å². The molecular weight excluding hydrogens is 216 g/mol. The van der Waals surface area contributed by atoms with E-state index in [0.29, 0.717) is 11.5 Å². The van der Waals surface area contributed by atoms with Gasteiger partial charge < -0.3 is 4.74 Å². The normalized spacial score (nSPS) is 40.0. The van der Waals surface area contributed by atoms with Crippen LogP contribution in [0.5, 0.6) is 0 Å². The summed E-state index contributed by atoms with van der Waals surface area (Å²) in [5.41, 5.74) is 1.21. The van der Waals surface area contributed by atoms with E-state index >= 15 is 0 Å². The van der Waals surface area contributed by atoms with Crippen LogP contribution in [0.4, 0.5) is 0 Å². The molecule has 1 aliphatic heterocycles. The first-order chi connectivity index (χ1) is 7.91. The predicted octanol–water partition coefficient (Wildman–Crippen LogP) is 2.60. The Kier molecular flexibility index (Phi) is 1.94. The molecule has 0 unspecified atom stereocenters. The average Bonchev–Trinajstić information content (AvgIpc) is 2.58. The van der Waals surface area contributed by atoms with Crippen LogP contribution >= 0.6 is 0 Å². The van der Waals surface area contributed by atoms with Crippen molar-refractivity contribution in [1.29, 1.82) is 0 Å². The molecule has 0 spiro atoms. The SMILES string of the molecule is CC(C)C12CCC(C)(CC1)C1=C2C(=O)OC1=O. The molecule has 0 saturated heterocycles. The lowest BCUT2D eigenvalue weighted by atomic mass is 9.49. The Balaban J connectivity index is 2.26. The fourth-order valence-corrected chi connectivity index (χ4v) is 4.00. The van der Waals surface area contributed by atoms with Crippen molar-refractivity contribution in [1.82, 2.24) is 0 Å². The van der Waals surface area contributed by atoms with Gasteiger partial charge in [-0.05, 0) is 31.6 Å². The van der Waals surface area contributed by atoms with Crippen LogP contribution in [0.25, 0.3) is 0 Å². The number of carbonyl (C=O) groups excluding carboxylic acids is 2. The van der Waals surface area contributed by atoms with E-state index in [1.54, 1.807) is 0 Å². The maximum Gasteiger partial charge on any atom is 0.343 e. The van der Waals surface area contributed by atoms with Gasteiger partial charge in [0.05, 0.1) is 11.1 Å². The minimum atomic E-state index is -0.378. The zero-order valence-corrected chi connectivity index (χ0v) is 10.6. The molecule has 92 valence electrons. The number of ether oxygens (including phenoxy) is 1. The summed E-state index contributed by atoms with van der Waals surface area (Å²) in [7, 11) is 0. The summed E-state index contributed by atoms with van der Waals surface area (Å²) >= 11 is 0. The fourth-order valence-electron chi connectivity index (χ4n) is 4.00. The van der Waals surface area contributed by atoms with Crippen LogP contribution in [-0.2, 0) is 14.3 Å². The zero-order chi connectivity index (χ0) is 12.4. The lowest BCUT2D eigenvalue weighted by Crippen LogP contribution is -2.46. The Morgan fingerprint density at radius 1 is 1.00 bits per heavy atom. The van der Waals surface area contributed by atoms with E-state index in [1.165, 1.54) is 0 Å². The molecule has 3 aliphatic carbocycles. The Morgan fingerprint density at radius 2 is 1.53 bits per heavy atom. The molecule has 0 radical (unpaired) electrons. The highest BCUT2D eigenvalue weighted by Crippen LogP contribution is 2.64. The minimum absolute atomic E-state index is 0.101. The molecule has 2 bridgehead atoms. The van der Waals surface area contributed by atoms with E-state index in [0.717, 1.165) is 31.3 Å². The van der Waals surface area contributed by atoms with Crippen LogP contribution in [0.1, 0.15) is 46.5 Å². The lowest BCUT2D eigenvalue weighted by molar-refractivity contribution is -0.151. The molecule has 0 atom stereocenters. The summed E-state index contributed by atoms with van der Waals surface area (Å²) in [6.07, 6.45) is 4.05. The second kappa shape index (κ2) is 3.01. The highest BCUT2D eigenvalue weighted by atomic mass is 16.6. The summed E-state index contributed by atoms with van der Waals surface area (Å²) in [5, 5.41) is 0. The van der Waals surface area contributed by atoms with Gasteiger partial charge in [0, 0.05) is 10.8 Å². The Bertz CT molecular complexity index is 448. The van der Waals surface area contributed by atoms with Crippen molar-refractivity contribution >= 4 is 11.9 Å². The first-order valence-corrected chi connectivity index (χ1v) is 6.42. The van der Waals surface area contributed by atoms with Gasteiger partial charge in [0.1, 0.15) is 0 Å². The third kappa shape index (κ3) is 1.12. The maximum absolute atomic E-state index is 12.0. The zero-order valence-electron chi connectivity index (χ0n) is 10.6. The van der Waals surface area contributed by atoms with E-state index in [1.807, 2.05) is 0 Å². The standard InChI is InChI=1S/C14H18O3/c1-8(2)14-6-4-13(3,5-7-14)9-10(14)12(16)17-11(9)15/h8H,4-7H2,1-3H3. The fraction of sp³-hybridized carbons (Fsp3) is 0.714. The first-order valence-electron chi connectivity index (χ1n) is 6.42. The third-order valence-electron chi connectivity index (χ3n) is 5.30. The Hall–Kier alpha value is -1.12. The summed E-state index contributed by atoms with van der Waals surface area (Å²) in [4.78, 5) is 23.8. The molecule has 1 heterocycles. The number of hydrogen-bond acceptors (Lipinski definition) is 3. The summed E-state index contributed by atoms with van der Waals surface area (Å²) in [6.45, 7) is 6.40. The summed E-state index contributed by atoms with van der Waals surface area (Å²) in [6, 6.07) is 0. The van der Waals surface area contributed by atoms with Gasteiger partial charge in [-0.25, -0.2) is 9.59 Å². The summed E-state index contributed by atoms with van der Waals surface area (Å²) in [5.74, 6) is -0.364. The van der Waals surface area contributed by atoms with Crippen molar-refractivity contribution in [3.63, 3.8) is 0 Å². The van der Waals surface area contributed by atoms with Crippen molar-refractivity contribution in [2.24, 2.45) is 16.7 Å².